The molecule has 4 heterocycles. The monoisotopic (exact) mass is 360 g/mol. The van der Waals surface area contributed by atoms with Crippen molar-refractivity contribution in [3.8, 4) is 11.4 Å². The number of hydrogen-bond donors (Lipinski definition) is 1. The average Bonchev–Trinajstić information content (AvgIpc) is 2.97. The van der Waals surface area contributed by atoms with E-state index < -0.39 is 0 Å². The highest BCUT2D eigenvalue weighted by Crippen LogP contribution is 2.27. The fourth-order valence-electron chi connectivity index (χ4n) is 3.11. The summed E-state index contributed by atoms with van der Waals surface area (Å²) in [5.41, 5.74) is 3.53. The zero-order chi connectivity index (χ0) is 18.8. The van der Waals surface area contributed by atoms with Crippen LogP contribution in [-0.2, 0) is 13.5 Å². The van der Waals surface area contributed by atoms with Crippen LogP contribution in [0.3, 0.4) is 0 Å². The smallest absolute Gasteiger partial charge is 0.164 e. The highest BCUT2D eigenvalue weighted by molar-refractivity contribution is 5.91. The number of nitrogens with one attached hydrogen (secondary N) is 1. The Morgan fingerprint density at radius 1 is 1.07 bits per heavy atom. The largest absolute Gasteiger partial charge is 0.366 e. The van der Waals surface area contributed by atoms with Crippen LogP contribution in [0.2, 0.25) is 0 Å². The molecule has 0 amide bonds. The third-order valence-electron chi connectivity index (χ3n) is 4.31. The first kappa shape index (κ1) is 17.0. The van der Waals surface area contributed by atoms with Gasteiger partial charge in [-0.2, -0.15) is 5.10 Å². The summed E-state index contributed by atoms with van der Waals surface area (Å²) in [4.78, 5) is 22.1. The molecule has 1 atom stereocenters. The molecule has 0 saturated heterocycles. The van der Waals surface area contributed by atoms with E-state index in [1.54, 1.807) is 35.7 Å². The molecule has 8 nitrogen and oxygen atoms in total. The number of rotatable bonds is 5. The summed E-state index contributed by atoms with van der Waals surface area (Å²) in [5, 5.41) is 8.96. The number of anilines is 1. The molecule has 8 heteroatoms. The van der Waals surface area contributed by atoms with Crippen molar-refractivity contribution in [2.75, 3.05) is 5.32 Å². The summed E-state index contributed by atoms with van der Waals surface area (Å²) >= 11 is 0. The predicted octanol–water partition coefficient (Wildman–Crippen LogP) is 2.57. The molecule has 0 bridgehead atoms. The molecule has 0 aromatic carbocycles. The standard InChI is InChI=1S/C19H20N8/c1-12(10-15-11-21-8-9-22-15)23-18-16-13(2)26-27(3)19(16)25-17(24-18)14-4-6-20-7-5-14/h4-9,11-12H,10H2,1-3H3,(H,23,24,25)/t12-/m1/s1. The van der Waals surface area contributed by atoms with E-state index in [9.17, 15) is 0 Å². The number of fused-ring (bicyclic) bond motifs is 1. The molecule has 4 aromatic rings. The minimum absolute atomic E-state index is 0.115. The lowest BCUT2D eigenvalue weighted by atomic mass is 10.1. The molecule has 0 fully saturated rings. The van der Waals surface area contributed by atoms with Crippen molar-refractivity contribution in [3.63, 3.8) is 0 Å². The fourth-order valence-corrected chi connectivity index (χ4v) is 3.11. The lowest BCUT2D eigenvalue weighted by Crippen LogP contribution is -2.20. The van der Waals surface area contributed by atoms with Crippen LogP contribution in [0.5, 0.6) is 0 Å². The molecular weight excluding hydrogens is 340 g/mol. The quantitative estimate of drug-likeness (QED) is 0.584. The predicted molar refractivity (Wildman–Crippen MR) is 103 cm³/mol. The first-order valence-corrected chi connectivity index (χ1v) is 8.75. The van der Waals surface area contributed by atoms with Crippen LogP contribution in [0.15, 0.2) is 43.1 Å². The Kier molecular flexibility index (Phi) is 4.45. The van der Waals surface area contributed by atoms with Gasteiger partial charge in [0, 0.05) is 56.1 Å². The van der Waals surface area contributed by atoms with E-state index in [2.05, 4.69) is 32.3 Å². The van der Waals surface area contributed by atoms with Gasteiger partial charge in [0.1, 0.15) is 5.82 Å². The van der Waals surface area contributed by atoms with Crippen LogP contribution in [-0.4, -0.2) is 40.7 Å². The van der Waals surface area contributed by atoms with Crippen molar-refractivity contribution in [2.45, 2.75) is 26.3 Å². The Bertz CT molecular complexity index is 1060. The molecular formula is C19H20N8. The Morgan fingerprint density at radius 3 is 2.63 bits per heavy atom. The van der Waals surface area contributed by atoms with Crippen molar-refractivity contribution >= 4 is 16.9 Å². The number of pyridine rings is 1. The third kappa shape index (κ3) is 3.46. The number of aromatic nitrogens is 7. The van der Waals surface area contributed by atoms with Gasteiger partial charge in [-0.25, -0.2) is 9.97 Å². The van der Waals surface area contributed by atoms with Gasteiger partial charge in [-0.1, -0.05) is 0 Å². The zero-order valence-electron chi connectivity index (χ0n) is 15.5. The van der Waals surface area contributed by atoms with Crippen LogP contribution >= 0.6 is 0 Å². The maximum Gasteiger partial charge on any atom is 0.164 e. The lowest BCUT2D eigenvalue weighted by molar-refractivity contribution is 0.761. The van der Waals surface area contributed by atoms with E-state index >= 15 is 0 Å². The van der Waals surface area contributed by atoms with E-state index in [0.29, 0.717) is 5.82 Å². The van der Waals surface area contributed by atoms with E-state index in [-0.39, 0.29) is 6.04 Å². The van der Waals surface area contributed by atoms with Crippen LogP contribution < -0.4 is 5.32 Å². The van der Waals surface area contributed by atoms with E-state index in [1.165, 1.54) is 0 Å². The lowest BCUT2D eigenvalue weighted by Gasteiger charge is -2.15. The normalized spacial score (nSPS) is 12.3. The maximum absolute atomic E-state index is 4.79. The Labute approximate surface area is 156 Å². The number of hydrogen-bond acceptors (Lipinski definition) is 7. The van der Waals surface area contributed by atoms with Gasteiger partial charge in [-0.3, -0.25) is 19.6 Å². The van der Waals surface area contributed by atoms with Gasteiger partial charge >= 0.3 is 0 Å². The van der Waals surface area contributed by atoms with Crippen molar-refractivity contribution in [1.82, 2.24) is 34.7 Å². The number of nitrogens with zero attached hydrogens (tertiary/aromatic N) is 7. The molecule has 4 aromatic heterocycles. The van der Waals surface area contributed by atoms with Gasteiger partial charge in [0.15, 0.2) is 11.5 Å². The molecule has 0 radical (unpaired) electrons. The second kappa shape index (κ2) is 7.06. The molecule has 0 spiro atoms. The third-order valence-corrected chi connectivity index (χ3v) is 4.31. The van der Waals surface area contributed by atoms with Gasteiger partial charge in [0.05, 0.1) is 16.8 Å². The van der Waals surface area contributed by atoms with Gasteiger partial charge in [0.2, 0.25) is 0 Å². The molecule has 0 aliphatic heterocycles. The molecule has 0 aliphatic carbocycles. The Morgan fingerprint density at radius 2 is 1.89 bits per heavy atom. The first-order valence-electron chi connectivity index (χ1n) is 8.75. The summed E-state index contributed by atoms with van der Waals surface area (Å²) in [6, 6.07) is 3.92. The van der Waals surface area contributed by atoms with Gasteiger partial charge in [0.25, 0.3) is 0 Å². The zero-order valence-corrected chi connectivity index (χ0v) is 15.5. The molecule has 4 rings (SSSR count). The SMILES string of the molecule is Cc1nn(C)c2nc(-c3ccncc3)nc(N[C@H](C)Cc3cnccn3)c12. The van der Waals surface area contributed by atoms with E-state index in [1.807, 2.05) is 26.1 Å². The summed E-state index contributed by atoms with van der Waals surface area (Å²) in [6.45, 7) is 4.07. The first-order chi connectivity index (χ1) is 13.1. The summed E-state index contributed by atoms with van der Waals surface area (Å²) in [6.07, 6.45) is 9.38. The molecule has 0 saturated carbocycles. The summed E-state index contributed by atoms with van der Waals surface area (Å²) < 4.78 is 1.79. The van der Waals surface area contributed by atoms with Gasteiger partial charge in [-0.15, -0.1) is 0 Å². The van der Waals surface area contributed by atoms with Crippen molar-refractivity contribution in [3.05, 3.63) is 54.5 Å². The van der Waals surface area contributed by atoms with Gasteiger partial charge < -0.3 is 5.32 Å². The highest BCUT2D eigenvalue weighted by atomic mass is 15.3. The molecule has 136 valence electrons. The molecule has 0 aliphatic rings. The van der Waals surface area contributed by atoms with Crippen molar-refractivity contribution in [2.24, 2.45) is 7.05 Å². The van der Waals surface area contributed by atoms with E-state index in [4.69, 9.17) is 9.97 Å². The minimum atomic E-state index is 0.115. The molecule has 1 N–H and O–H groups in total. The molecule has 27 heavy (non-hydrogen) atoms. The second-order valence-corrected chi connectivity index (χ2v) is 6.49. The highest BCUT2D eigenvalue weighted by Gasteiger charge is 2.17. The topological polar surface area (TPSA) is 94.3 Å². The van der Waals surface area contributed by atoms with Crippen molar-refractivity contribution < 1.29 is 0 Å². The summed E-state index contributed by atoms with van der Waals surface area (Å²) in [7, 11) is 1.89. The molecule has 0 unspecified atom stereocenters. The average molecular weight is 360 g/mol. The van der Waals surface area contributed by atoms with E-state index in [0.717, 1.165) is 40.2 Å². The van der Waals surface area contributed by atoms with Crippen molar-refractivity contribution in [1.29, 1.82) is 0 Å². The maximum atomic E-state index is 4.79. The fraction of sp³-hybridized carbons (Fsp3) is 0.263. The van der Waals surface area contributed by atoms with Gasteiger partial charge in [-0.05, 0) is 26.0 Å². The van der Waals surface area contributed by atoms with Crippen LogP contribution in [0.1, 0.15) is 18.3 Å². The minimum Gasteiger partial charge on any atom is -0.366 e. The second-order valence-electron chi connectivity index (χ2n) is 6.49. The van der Waals surface area contributed by atoms with Crippen LogP contribution in [0, 0.1) is 6.92 Å². The Hall–Kier alpha value is -3.42. The number of aryl methyl sites for hydroxylation is 2. The Balaban J connectivity index is 1.74. The van der Waals surface area contributed by atoms with Crippen LogP contribution in [0.4, 0.5) is 5.82 Å². The summed E-state index contributed by atoms with van der Waals surface area (Å²) in [5.74, 6) is 1.41. The van der Waals surface area contributed by atoms with Crippen LogP contribution in [0.25, 0.3) is 22.4 Å².